The van der Waals surface area contributed by atoms with Crippen molar-refractivity contribution >= 4 is 152 Å². The van der Waals surface area contributed by atoms with Crippen LogP contribution < -0.4 is 0 Å². The van der Waals surface area contributed by atoms with Crippen LogP contribution in [0.3, 0.4) is 0 Å². The SMILES string of the molecule is CCCCCCc1cc(CCCCCC)cc(C2(c3cc(CCCCCC)cc(CCCCCC)c3)c3cc(-c4sc(/C=C5/C(=O)c6cc(Cl)sc6C5=O)c5nc(CCCCCC)c(CCCCCC)nc45)sc3-c3[se]c(-c4sc(/C=C5/C(=O)c6cc(Cl)sc6C5=O)c5nc(CCCCCC)c(CCCCCC)nc45)cc32)c1. The Hall–Kier alpha value is -5.64. The molecule has 16 heteroatoms. The Kier molecular flexibility index (Phi) is 30.7. The van der Waals surface area contributed by atoms with Crippen LogP contribution in [0.5, 0.6) is 0 Å². The number of halogens is 2. The van der Waals surface area contributed by atoms with Gasteiger partial charge < -0.3 is 0 Å². The Morgan fingerprint density at radius 3 is 1.02 bits per heavy atom. The van der Waals surface area contributed by atoms with Crippen molar-refractivity contribution in [1.29, 1.82) is 0 Å². The molecule has 2 aromatic carbocycles. The first-order valence-electron chi connectivity index (χ1n) is 43.6. The molecule has 0 atom stereocenters. The maximum atomic E-state index is 14.6. The minimum absolute atomic E-state index is 0.155. The van der Waals surface area contributed by atoms with Crippen molar-refractivity contribution < 1.29 is 19.2 Å². The molecular formula is C97H116Cl2N4O4S5Se. The van der Waals surface area contributed by atoms with Gasteiger partial charge in [0.15, 0.2) is 0 Å². The number of thiophene rings is 5. The van der Waals surface area contributed by atoms with Crippen LogP contribution in [0.2, 0.25) is 8.67 Å². The summed E-state index contributed by atoms with van der Waals surface area (Å²) in [5.41, 5.74) is 18.6. The van der Waals surface area contributed by atoms with Gasteiger partial charge in [0.2, 0.25) is 0 Å². The van der Waals surface area contributed by atoms with E-state index in [1.807, 2.05) is 23.5 Å². The maximum absolute atomic E-state index is 14.6. The number of rotatable bonds is 46. The monoisotopic (exact) mass is 1710 g/mol. The second-order valence-electron chi connectivity index (χ2n) is 32.3. The van der Waals surface area contributed by atoms with E-state index in [-0.39, 0.29) is 48.8 Å². The Bertz CT molecular complexity index is 4660. The molecule has 3 aliphatic carbocycles. The third-order valence-electron chi connectivity index (χ3n) is 23.5. The number of hydrogen-bond acceptors (Lipinski definition) is 13. The predicted molar refractivity (Wildman–Crippen MR) is 486 cm³/mol. The van der Waals surface area contributed by atoms with Crippen LogP contribution in [0.25, 0.3) is 62.6 Å². The second kappa shape index (κ2) is 40.7. The zero-order valence-electron chi connectivity index (χ0n) is 68.3. The zero-order chi connectivity index (χ0) is 79.1. The fourth-order valence-corrected chi connectivity index (χ4v) is 26.4. The summed E-state index contributed by atoms with van der Waals surface area (Å²) in [4.78, 5) is 88.6. The van der Waals surface area contributed by atoms with E-state index >= 15 is 0 Å². The molecule has 8 heterocycles. The standard InChI is InChI=1S/C97H116Cl2N4O4S5Se/c1-9-17-25-33-41-61-49-62(42-34-26-18-10-2)52-65(51-61)97(66-53-63(43-35-27-19-11-3)50-64(54-66)44-36-28-20-12-4)71-59-79(94-85-83(77(108-94)55-67-87(104)69-57-81(98)111-91(69)89(67)106)100-73(45-37-29-21-13-5)75(102-85)47-39-31-23-15-7)110-93(71)96-72(97)60-80(113-96)95-86-84(78(109-95)56-68-88(105)70-58-82(99)112-92(70)90(68)107)101-74(46-38-30-22-14-6)76(103-86)48-40-32-24-16-8/h49-60H,9-48H2,1-8H3/b67-55-,68-56-. The van der Waals surface area contributed by atoms with Crippen molar-refractivity contribution in [2.45, 2.75) is 318 Å². The van der Waals surface area contributed by atoms with Gasteiger partial charge in [0.05, 0.1) is 4.34 Å². The number of hydrogen-bond donors (Lipinski definition) is 0. The number of fused-ring (bicyclic) bond motifs is 7. The molecule has 598 valence electrons. The minimum atomic E-state index is -0.792. The van der Waals surface area contributed by atoms with Crippen molar-refractivity contribution in [3.05, 3.63) is 178 Å². The molecule has 8 aromatic heterocycles. The number of Topliss-reactive ketones (excluding diaryl/α,β-unsaturated/α-hetero) is 4. The van der Waals surface area contributed by atoms with Crippen LogP contribution in [-0.4, -0.2) is 57.6 Å². The van der Waals surface area contributed by atoms with Gasteiger partial charge in [-0.25, -0.2) is 0 Å². The van der Waals surface area contributed by atoms with E-state index in [0.29, 0.717) is 29.6 Å². The summed E-state index contributed by atoms with van der Waals surface area (Å²) in [5, 5.41) is 0. The van der Waals surface area contributed by atoms with E-state index in [1.54, 1.807) is 34.8 Å². The van der Waals surface area contributed by atoms with Crippen molar-refractivity contribution in [2.75, 3.05) is 0 Å². The summed E-state index contributed by atoms with van der Waals surface area (Å²) in [6, 6.07) is 24.2. The number of allylic oxidation sites excluding steroid dienone is 2. The van der Waals surface area contributed by atoms with Crippen molar-refractivity contribution in [1.82, 2.24) is 19.9 Å². The normalized spacial score (nSPS) is 14.5. The summed E-state index contributed by atoms with van der Waals surface area (Å²) in [5.74, 6) is -1.14. The van der Waals surface area contributed by atoms with E-state index < -0.39 is 5.41 Å². The number of carbonyl (C=O) groups excluding carboxylic acids is 4. The molecule has 0 aliphatic heterocycles. The number of unbranched alkanes of at least 4 members (excludes halogenated alkanes) is 24. The summed E-state index contributed by atoms with van der Waals surface area (Å²) in [6.45, 7) is 18.3. The molecule has 113 heavy (non-hydrogen) atoms. The van der Waals surface area contributed by atoms with E-state index in [0.717, 1.165) is 249 Å². The molecule has 0 radical (unpaired) electrons. The van der Waals surface area contributed by atoms with Crippen LogP contribution in [0.15, 0.2) is 71.8 Å². The van der Waals surface area contributed by atoms with Gasteiger partial charge in [-0.3, -0.25) is 0 Å². The van der Waals surface area contributed by atoms with Gasteiger partial charge in [-0.15, -0.1) is 0 Å². The summed E-state index contributed by atoms with van der Waals surface area (Å²) in [7, 11) is 0. The average molecular weight is 1710 g/mol. The summed E-state index contributed by atoms with van der Waals surface area (Å²) >= 11 is 20.3. The van der Waals surface area contributed by atoms with Gasteiger partial charge >= 0.3 is 666 Å². The van der Waals surface area contributed by atoms with E-state index in [4.69, 9.17) is 43.1 Å². The number of nitrogens with zero attached hydrogens (tertiary/aromatic N) is 4. The first kappa shape index (κ1) is 85.2. The van der Waals surface area contributed by atoms with Crippen LogP contribution in [-0.2, 0) is 56.8 Å². The first-order chi connectivity index (χ1) is 55.2. The Morgan fingerprint density at radius 2 is 0.664 bits per heavy atom. The molecule has 0 spiro atoms. The number of ketones is 4. The molecule has 0 amide bonds. The van der Waals surface area contributed by atoms with E-state index in [9.17, 15) is 19.2 Å². The number of aryl methyl sites for hydroxylation is 8. The molecule has 0 N–H and O–H groups in total. The molecule has 13 rings (SSSR count). The van der Waals surface area contributed by atoms with Gasteiger partial charge in [-0.1, -0.05) is 44.7 Å². The van der Waals surface area contributed by atoms with Crippen molar-refractivity contribution in [3.8, 4) is 28.4 Å². The molecule has 0 fully saturated rings. The average Bonchev–Trinajstić information content (AvgIpc) is 1.52. The topological polar surface area (TPSA) is 120 Å². The quantitative estimate of drug-likeness (QED) is 0.0160. The second-order valence-corrected chi connectivity index (χ2v) is 41.0. The van der Waals surface area contributed by atoms with Gasteiger partial charge in [-0.05, 0) is 0 Å². The van der Waals surface area contributed by atoms with E-state index in [2.05, 4.69) is 104 Å². The van der Waals surface area contributed by atoms with Gasteiger partial charge in [0.1, 0.15) is 0 Å². The van der Waals surface area contributed by atoms with Crippen molar-refractivity contribution in [3.63, 3.8) is 0 Å². The molecule has 8 nitrogen and oxygen atoms in total. The fraction of sp³-hybridized carbons (Fsp3) is 0.505. The molecular weight excluding hydrogens is 1600 g/mol. The predicted octanol–water partition coefficient (Wildman–Crippen LogP) is 29.8. The van der Waals surface area contributed by atoms with Crippen LogP contribution in [0, 0.1) is 0 Å². The van der Waals surface area contributed by atoms with Gasteiger partial charge in [-0.2, -0.15) is 0 Å². The zero-order valence-corrected chi connectivity index (χ0v) is 75.6. The first-order valence-corrected chi connectivity index (χ1v) is 50.1. The van der Waals surface area contributed by atoms with Crippen LogP contribution in [0.4, 0.5) is 0 Å². The Morgan fingerprint density at radius 1 is 0.327 bits per heavy atom. The van der Waals surface area contributed by atoms with Crippen molar-refractivity contribution in [2.24, 2.45) is 0 Å². The van der Waals surface area contributed by atoms with Crippen LogP contribution >= 0.6 is 79.9 Å². The molecule has 0 saturated heterocycles. The molecule has 0 saturated carbocycles. The molecule has 10 aromatic rings. The third kappa shape index (κ3) is 19.1. The third-order valence-corrected chi connectivity index (χ3v) is 32.7. The van der Waals surface area contributed by atoms with E-state index in [1.165, 1.54) is 158 Å². The molecule has 0 unspecified atom stereocenters. The summed E-state index contributed by atoms with van der Waals surface area (Å²) in [6.07, 6.45) is 47.5. The number of benzene rings is 2. The Balaban J connectivity index is 1.12. The summed E-state index contributed by atoms with van der Waals surface area (Å²) < 4.78 is 3.47. The fourth-order valence-electron chi connectivity index (χ4n) is 17.3. The molecule has 3 aliphatic rings. The molecule has 0 bridgehead atoms. The van der Waals surface area contributed by atoms with Crippen LogP contribution in [0.1, 0.15) is 378 Å². The van der Waals surface area contributed by atoms with Gasteiger partial charge in [0, 0.05) is 0 Å². The van der Waals surface area contributed by atoms with Gasteiger partial charge in [0.25, 0.3) is 0 Å². The number of carbonyl (C=O) groups is 4. The number of aromatic nitrogens is 4. The Labute approximate surface area is 709 Å².